The standard InChI is InChI=1S/C27H38N2O/c1-21(23-13-7-6-8-14-23)28-26(22(2)30)17-10-5-3-4-9-16-25-20-19-24-15-11-12-18-27(24)29-25/h6-8,13-14,19-21,26,28H,3-5,9-12,15-18H2,1-2H3/t21?,26-/m0/s1. The van der Waals surface area contributed by atoms with Gasteiger partial charge in [0.05, 0.1) is 6.04 Å². The van der Waals surface area contributed by atoms with Crippen LogP contribution in [0.2, 0.25) is 0 Å². The van der Waals surface area contributed by atoms with Crippen molar-refractivity contribution in [3.8, 4) is 0 Å². The lowest BCUT2D eigenvalue weighted by atomic mass is 9.95. The van der Waals surface area contributed by atoms with Gasteiger partial charge in [0.25, 0.3) is 0 Å². The number of nitrogens with zero attached hydrogens (tertiary/aromatic N) is 1. The van der Waals surface area contributed by atoms with Gasteiger partial charge in [-0.3, -0.25) is 9.78 Å². The Balaban J connectivity index is 1.31. The van der Waals surface area contributed by atoms with Crippen LogP contribution in [0.25, 0.3) is 0 Å². The molecule has 2 aromatic rings. The monoisotopic (exact) mass is 406 g/mol. The second-order valence-electron chi connectivity index (χ2n) is 8.88. The second kappa shape index (κ2) is 12.0. The van der Waals surface area contributed by atoms with E-state index >= 15 is 0 Å². The highest BCUT2D eigenvalue weighted by molar-refractivity contribution is 5.81. The Morgan fingerprint density at radius 3 is 2.50 bits per heavy atom. The largest absolute Gasteiger partial charge is 0.301 e. The topological polar surface area (TPSA) is 42.0 Å². The zero-order valence-corrected chi connectivity index (χ0v) is 18.8. The predicted molar refractivity (Wildman–Crippen MR) is 125 cm³/mol. The van der Waals surface area contributed by atoms with Crippen molar-refractivity contribution < 1.29 is 4.79 Å². The van der Waals surface area contributed by atoms with Crippen LogP contribution in [0, 0.1) is 0 Å². The molecule has 162 valence electrons. The van der Waals surface area contributed by atoms with Gasteiger partial charge in [-0.2, -0.15) is 0 Å². The molecule has 0 bridgehead atoms. The first-order valence-electron chi connectivity index (χ1n) is 11.9. The quantitative estimate of drug-likeness (QED) is 0.430. The maximum atomic E-state index is 12.1. The lowest BCUT2D eigenvalue weighted by Gasteiger charge is -2.21. The minimum atomic E-state index is -0.0418. The molecule has 1 aliphatic rings. The Labute approximate surface area is 182 Å². The fourth-order valence-electron chi connectivity index (χ4n) is 4.50. The molecule has 1 aromatic heterocycles. The normalized spacial score (nSPS) is 15.4. The molecule has 0 spiro atoms. The summed E-state index contributed by atoms with van der Waals surface area (Å²) < 4.78 is 0. The zero-order valence-electron chi connectivity index (χ0n) is 18.8. The minimum Gasteiger partial charge on any atom is -0.301 e. The fraction of sp³-hybridized carbons (Fsp3) is 0.556. The van der Waals surface area contributed by atoms with E-state index in [1.165, 1.54) is 67.5 Å². The number of carbonyl (C=O) groups is 1. The van der Waals surface area contributed by atoms with E-state index < -0.39 is 0 Å². The molecule has 0 aliphatic heterocycles. The highest BCUT2D eigenvalue weighted by atomic mass is 16.1. The fourth-order valence-corrected chi connectivity index (χ4v) is 4.50. The van der Waals surface area contributed by atoms with Crippen molar-refractivity contribution in [3.05, 3.63) is 65.0 Å². The van der Waals surface area contributed by atoms with Crippen molar-refractivity contribution in [2.24, 2.45) is 0 Å². The average molecular weight is 407 g/mol. The molecule has 0 radical (unpaired) electrons. The van der Waals surface area contributed by atoms with Crippen LogP contribution in [-0.4, -0.2) is 16.8 Å². The van der Waals surface area contributed by atoms with E-state index in [1.807, 2.05) is 6.07 Å². The van der Waals surface area contributed by atoms with Crippen LogP contribution < -0.4 is 5.32 Å². The van der Waals surface area contributed by atoms with Gasteiger partial charge in [0.1, 0.15) is 5.78 Å². The molecule has 2 atom stereocenters. The molecule has 1 unspecified atom stereocenters. The Morgan fingerprint density at radius 2 is 1.70 bits per heavy atom. The number of carbonyl (C=O) groups excluding carboxylic acids is 1. The van der Waals surface area contributed by atoms with Gasteiger partial charge in [0, 0.05) is 17.4 Å². The lowest BCUT2D eigenvalue weighted by Crippen LogP contribution is -2.37. The smallest absolute Gasteiger partial charge is 0.146 e. The van der Waals surface area contributed by atoms with Crippen LogP contribution in [0.1, 0.15) is 93.8 Å². The maximum Gasteiger partial charge on any atom is 0.146 e. The van der Waals surface area contributed by atoms with Crippen molar-refractivity contribution in [2.75, 3.05) is 0 Å². The van der Waals surface area contributed by atoms with Crippen molar-refractivity contribution >= 4 is 5.78 Å². The molecule has 3 rings (SSSR count). The molecule has 1 aliphatic carbocycles. The van der Waals surface area contributed by atoms with Gasteiger partial charge >= 0.3 is 0 Å². The van der Waals surface area contributed by atoms with E-state index in [1.54, 1.807) is 6.92 Å². The number of hydrogen-bond acceptors (Lipinski definition) is 3. The number of hydrogen-bond donors (Lipinski definition) is 1. The Morgan fingerprint density at radius 1 is 0.967 bits per heavy atom. The van der Waals surface area contributed by atoms with Gasteiger partial charge in [-0.15, -0.1) is 0 Å². The van der Waals surface area contributed by atoms with Gasteiger partial charge in [-0.1, -0.05) is 62.1 Å². The number of unbranched alkanes of at least 4 members (excludes halogenated alkanes) is 4. The molecule has 1 N–H and O–H groups in total. The highest BCUT2D eigenvalue weighted by Gasteiger charge is 2.17. The molecule has 1 aromatic carbocycles. The maximum absolute atomic E-state index is 12.1. The van der Waals surface area contributed by atoms with Crippen molar-refractivity contribution in [1.82, 2.24) is 10.3 Å². The summed E-state index contributed by atoms with van der Waals surface area (Å²) in [6.45, 7) is 3.85. The first-order chi connectivity index (χ1) is 14.6. The first-order valence-corrected chi connectivity index (χ1v) is 11.9. The van der Waals surface area contributed by atoms with Crippen LogP contribution >= 0.6 is 0 Å². The van der Waals surface area contributed by atoms with E-state index in [4.69, 9.17) is 4.98 Å². The number of rotatable bonds is 12. The van der Waals surface area contributed by atoms with Crippen molar-refractivity contribution in [1.29, 1.82) is 0 Å². The number of aryl methyl sites for hydroxylation is 3. The Hall–Kier alpha value is -2.00. The van der Waals surface area contributed by atoms with Gasteiger partial charge in [-0.05, 0) is 76.0 Å². The van der Waals surface area contributed by atoms with Gasteiger partial charge < -0.3 is 5.32 Å². The summed E-state index contributed by atoms with van der Waals surface area (Å²) in [5.41, 5.74) is 5.33. The van der Waals surface area contributed by atoms with E-state index in [-0.39, 0.29) is 17.9 Å². The number of pyridine rings is 1. The number of Topliss-reactive ketones (excluding diaryl/α,β-unsaturated/α-hetero) is 1. The summed E-state index contributed by atoms with van der Waals surface area (Å²) >= 11 is 0. The Kier molecular flexibility index (Phi) is 9.07. The van der Waals surface area contributed by atoms with Crippen molar-refractivity contribution in [2.45, 2.75) is 96.6 Å². The summed E-state index contributed by atoms with van der Waals surface area (Å²) in [7, 11) is 0. The van der Waals surface area contributed by atoms with Gasteiger partial charge in [0.15, 0.2) is 0 Å². The number of aromatic nitrogens is 1. The third kappa shape index (κ3) is 7.05. The molecule has 3 heteroatoms. The highest BCUT2D eigenvalue weighted by Crippen LogP contribution is 2.20. The summed E-state index contributed by atoms with van der Waals surface area (Å²) in [5.74, 6) is 0.247. The zero-order chi connectivity index (χ0) is 21.2. The van der Waals surface area contributed by atoms with E-state index in [0.29, 0.717) is 0 Å². The number of nitrogens with one attached hydrogen (secondary N) is 1. The molecule has 0 amide bonds. The third-order valence-corrected chi connectivity index (χ3v) is 6.40. The van der Waals surface area contributed by atoms with Crippen LogP contribution in [0.4, 0.5) is 0 Å². The number of fused-ring (bicyclic) bond motifs is 1. The minimum absolute atomic E-state index is 0.0418. The van der Waals surface area contributed by atoms with Crippen LogP contribution in [0.15, 0.2) is 42.5 Å². The molecular weight excluding hydrogens is 368 g/mol. The van der Waals surface area contributed by atoms with E-state index in [9.17, 15) is 4.79 Å². The van der Waals surface area contributed by atoms with E-state index in [0.717, 1.165) is 25.7 Å². The first kappa shape index (κ1) is 22.7. The Bertz CT molecular complexity index is 787. The summed E-state index contributed by atoms with van der Waals surface area (Å²) in [6, 6.07) is 15.1. The molecule has 0 saturated heterocycles. The molecular formula is C27H38N2O. The van der Waals surface area contributed by atoms with Crippen molar-refractivity contribution in [3.63, 3.8) is 0 Å². The van der Waals surface area contributed by atoms with Gasteiger partial charge in [-0.25, -0.2) is 0 Å². The van der Waals surface area contributed by atoms with Crippen LogP contribution in [-0.2, 0) is 24.1 Å². The molecule has 1 heterocycles. The van der Waals surface area contributed by atoms with Gasteiger partial charge in [0.2, 0.25) is 0 Å². The molecule has 30 heavy (non-hydrogen) atoms. The molecule has 0 fully saturated rings. The molecule has 0 saturated carbocycles. The van der Waals surface area contributed by atoms with Crippen LogP contribution in [0.5, 0.6) is 0 Å². The predicted octanol–water partition coefficient (Wildman–Crippen LogP) is 6.15. The number of ketones is 1. The second-order valence-corrected chi connectivity index (χ2v) is 8.88. The lowest BCUT2D eigenvalue weighted by molar-refractivity contribution is -0.119. The summed E-state index contributed by atoms with van der Waals surface area (Å²) in [6.07, 6.45) is 13.0. The SMILES string of the molecule is CC(=O)[C@H](CCCCCCCc1ccc2c(n1)CCCC2)NC(C)c1ccccc1. The van der Waals surface area contributed by atoms with Crippen LogP contribution in [0.3, 0.4) is 0 Å². The van der Waals surface area contributed by atoms with E-state index in [2.05, 4.69) is 48.6 Å². The third-order valence-electron chi connectivity index (χ3n) is 6.40. The summed E-state index contributed by atoms with van der Waals surface area (Å²) in [5, 5.41) is 3.52. The molecule has 3 nitrogen and oxygen atoms in total. The number of benzene rings is 1. The summed E-state index contributed by atoms with van der Waals surface area (Å²) in [4.78, 5) is 17.0. The average Bonchev–Trinajstić information content (AvgIpc) is 2.77.